The van der Waals surface area contributed by atoms with Crippen molar-refractivity contribution < 1.29 is 48.4 Å². The first kappa shape index (κ1) is 29.0. The van der Waals surface area contributed by atoms with E-state index in [2.05, 4.69) is 29.9 Å². The maximum absolute atomic E-state index is 13.0. The molecule has 1 unspecified atom stereocenters. The second kappa shape index (κ2) is 10.8. The van der Waals surface area contributed by atoms with Crippen LogP contribution in [-0.4, -0.2) is 114 Å². The number of nitrogen functional groups attached to an aromatic ring is 1. The molecule has 9 atom stereocenters. The molecule has 20 nitrogen and oxygen atoms in total. The number of aliphatic hydroxyl groups excluding tert-OH is 4. The lowest BCUT2D eigenvalue weighted by molar-refractivity contribution is -0.0615. The SMILES string of the molecule is Nc1nc2c(ncn2[C@@H]2O[C@H](CO)[C@@H](O)[C@H]2OP(=O)(O)OC[C@H]2O[C@@H](n3cnc4c(Cl)ncnc43)[C@H](O)[C@@H]2O)c(=O)[nH]1. The molecule has 6 rings (SSSR count). The van der Waals surface area contributed by atoms with Crippen LogP contribution in [0.2, 0.25) is 5.15 Å². The van der Waals surface area contributed by atoms with Crippen LogP contribution in [0.1, 0.15) is 12.5 Å². The average Bonchev–Trinajstić information content (AvgIpc) is 3.69. The zero-order valence-corrected chi connectivity index (χ0v) is 22.6. The van der Waals surface area contributed by atoms with Gasteiger partial charge < -0.3 is 40.5 Å². The number of hydrogen-bond acceptors (Lipinski definition) is 16. The van der Waals surface area contributed by atoms with Crippen LogP contribution in [0.5, 0.6) is 0 Å². The van der Waals surface area contributed by atoms with Gasteiger partial charge in [-0.1, -0.05) is 11.6 Å². The minimum atomic E-state index is -5.06. The largest absolute Gasteiger partial charge is 0.472 e. The van der Waals surface area contributed by atoms with Crippen LogP contribution < -0.4 is 11.3 Å². The molecule has 8 N–H and O–H groups in total. The third-order valence-electron chi connectivity index (χ3n) is 6.80. The van der Waals surface area contributed by atoms with Gasteiger partial charge in [0.2, 0.25) is 5.95 Å². The molecule has 0 radical (unpaired) electrons. The normalized spacial score (nSPS) is 31.3. The van der Waals surface area contributed by atoms with Gasteiger partial charge in [0.15, 0.2) is 34.4 Å². The second-order valence-corrected chi connectivity index (χ2v) is 11.1. The molecule has 4 aromatic heterocycles. The third kappa shape index (κ3) is 4.95. The Bertz CT molecular complexity index is 1730. The number of H-pyrrole nitrogens is 1. The molecule has 2 aliphatic rings. The molecule has 0 amide bonds. The van der Waals surface area contributed by atoms with E-state index in [4.69, 9.17) is 35.9 Å². The van der Waals surface area contributed by atoms with Crippen LogP contribution in [0, 0.1) is 0 Å². The van der Waals surface area contributed by atoms with Crippen LogP contribution in [0.25, 0.3) is 22.3 Å². The molecular weight excluding hydrogens is 609 g/mol. The highest BCUT2D eigenvalue weighted by molar-refractivity contribution is 7.47. The van der Waals surface area contributed by atoms with Crippen molar-refractivity contribution in [2.24, 2.45) is 0 Å². The van der Waals surface area contributed by atoms with Gasteiger partial charge in [-0.05, 0) is 0 Å². The molecule has 22 heteroatoms. The summed E-state index contributed by atoms with van der Waals surface area (Å²) < 4.78 is 37.0. The lowest BCUT2D eigenvalue weighted by atomic mass is 10.1. The Morgan fingerprint density at radius 3 is 2.43 bits per heavy atom. The van der Waals surface area contributed by atoms with Crippen molar-refractivity contribution in [3.8, 4) is 0 Å². The number of nitrogens with one attached hydrogen (secondary N) is 1. The molecule has 2 fully saturated rings. The minimum Gasteiger partial charge on any atom is -0.394 e. The van der Waals surface area contributed by atoms with Gasteiger partial charge in [0, 0.05) is 0 Å². The smallest absolute Gasteiger partial charge is 0.394 e. The Balaban J connectivity index is 1.19. The summed E-state index contributed by atoms with van der Waals surface area (Å²) in [4.78, 5) is 44.8. The van der Waals surface area contributed by atoms with E-state index < -0.39 is 75.7 Å². The number of aromatic nitrogens is 8. The monoisotopic (exact) mass is 631 g/mol. The van der Waals surface area contributed by atoms with E-state index >= 15 is 0 Å². The molecule has 2 aliphatic heterocycles. The van der Waals surface area contributed by atoms with Crippen LogP contribution in [-0.2, 0) is 23.1 Å². The number of halogens is 1. The number of hydrogen-bond donors (Lipinski definition) is 7. The summed E-state index contributed by atoms with van der Waals surface area (Å²) in [6, 6.07) is 0. The average molecular weight is 632 g/mol. The molecule has 42 heavy (non-hydrogen) atoms. The van der Waals surface area contributed by atoms with Crippen molar-refractivity contribution in [2.75, 3.05) is 18.9 Å². The number of phosphoric ester groups is 1. The summed E-state index contributed by atoms with van der Waals surface area (Å²) in [6.07, 6.45) is -8.08. The number of nitrogens with zero attached hydrogens (tertiary/aromatic N) is 7. The number of ether oxygens (including phenoxy) is 2. The van der Waals surface area contributed by atoms with E-state index in [0.29, 0.717) is 0 Å². The fraction of sp³-hybridized carbons (Fsp3) is 0.500. The van der Waals surface area contributed by atoms with E-state index in [9.17, 15) is 34.7 Å². The summed E-state index contributed by atoms with van der Waals surface area (Å²) in [6.45, 7) is -1.44. The maximum Gasteiger partial charge on any atom is 0.472 e. The van der Waals surface area contributed by atoms with Crippen molar-refractivity contribution >= 4 is 47.7 Å². The summed E-state index contributed by atoms with van der Waals surface area (Å²) >= 11 is 6.01. The van der Waals surface area contributed by atoms with Crippen molar-refractivity contribution in [3.63, 3.8) is 0 Å². The molecule has 4 aromatic rings. The fourth-order valence-electron chi connectivity index (χ4n) is 4.79. The molecule has 0 bridgehead atoms. The maximum atomic E-state index is 13.0. The number of anilines is 1. The Morgan fingerprint density at radius 2 is 1.69 bits per heavy atom. The van der Waals surface area contributed by atoms with Gasteiger partial charge in [0.1, 0.15) is 48.5 Å². The van der Waals surface area contributed by atoms with Crippen LogP contribution >= 0.6 is 19.4 Å². The van der Waals surface area contributed by atoms with Gasteiger partial charge in [-0.3, -0.25) is 28.0 Å². The first-order valence-electron chi connectivity index (χ1n) is 12.2. The molecular formula is C20H23ClN9O11P. The standard InChI is InChI=1S/C20H23ClN9O11P/c21-14-8-15(24-3-23-14)29(4-25-8)18-12(34)10(32)7(40-18)2-38-42(36,37)41-13-11(33)6(1-31)39-19(13)30-5-26-9-16(30)27-20(22)28-17(9)35/h3-7,10-13,18-19,31-34H,1-2H2,(H,36,37)(H3,22,27,28,35)/t6-,7-,10-,11-,12-,13-,18-,19-/m1/s1. The summed E-state index contributed by atoms with van der Waals surface area (Å²) in [5, 5.41) is 41.6. The molecule has 0 aliphatic carbocycles. The number of rotatable bonds is 8. The number of phosphoric acid groups is 1. The number of aliphatic hydroxyl groups is 4. The lowest BCUT2D eigenvalue weighted by Crippen LogP contribution is -2.36. The molecule has 226 valence electrons. The van der Waals surface area contributed by atoms with Crippen molar-refractivity contribution in [1.82, 2.24) is 39.0 Å². The van der Waals surface area contributed by atoms with Crippen LogP contribution in [0.15, 0.2) is 23.8 Å². The minimum absolute atomic E-state index is 0.0552. The van der Waals surface area contributed by atoms with Gasteiger partial charge in [-0.15, -0.1) is 0 Å². The zero-order chi connectivity index (χ0) is 29.9. The summed E-state index contributed by atoms with van der Waals surface area (Å²) in [5.41, 5.74) is 5.15. The summed E-state index contributed by atoms with van der Waals surface area (Å²) in [7, 11) is -5.06. The molecule has 2 saturated heterocycles. The zero-order valence-electron chi connectivity index (χ0n) is 21.0. The van der Waals surface area contributed by atoms with Gasteiger partial charge in [0.25, 0.3) is 5.56 Å². The van der Waals surface area contributed by atoms with Crippen molar-refractivity contribution in [1.29, 1.82) is 0 Å². The van der Waals surface area contributed by atoms with E-state index in [1.165, 1.54) is 17.2 Å². The quantitative estimate of drug-likeness (QED) is 0.0785. The first-order chi connectivity index (χ1) is 20.0. The number of imidazole rings is 2. The molecule has 6 heterocycles. The lowest BCUT2D eigenvalue weighted by Gasteiger charge is -2.24. The number of aromatic amines is 1. The first-order valence-corrected chi connectivity index (χ1v) is 14.0. The van der Waals surface area contributed by atoms with Crippen LogP contribution in [0.3, 0.4) is 0 Å². The molecule has 0 aromatic carbocycles. The molecule has 0 saturated carbocycles. The van der Waals surface area contributed by atoms with Gasteiger partial charge >= 0.3 is 7.82 Å². The molecule has 0 spiro atoms. The van der Waals surface area contributed by atoms with Crippen molar-refractivity contribution in [2.45, 2.75) is 49.1 Å². The van der Waals surface area contributed by atoms with Gasteiger partial charge in [-0.2, -0.15) is 4.98 Å². The Hall–Kier alpha value is -3.14. The van der Waals surface area contributed by atoms with E-state index in [-0.39, 0.29) is 33.4 Å². The van der Waals surface area contributed by atoms with E-state index in [0.717, 1.165) is 10.9 Å². The Kier molecular flexibility index (Phi) is 7.48. The fourth-order valence-corrected chi connectivity index (χ4v) is 5.90. The highest BCUT2D eigenvalue weighted by Gasteiger charge is 2.50. The predicted octanol–water partition coefficient (Wildman–Crippen LogP) is -2.43. The number of fused-ring (bicyclic) bond motifs is 2. The Morgan fingerprint density at radius 1 is 1.00 bits per heavy atom. The third-order valence-corrected chi connectivity index (χ3v) is 8.06. The van der Waals surface area contributed by atoms with Crippen LogP contribution in [0.4, 0.5) is 5.95 Å². The van der Waals surface area contributed by atoms with Gasteiger partial charge in [0.05, 0.1) is 25.9 Å². The Labute approximate surface area is 237 Å². The predicted molar refractivity (Wildman–Crippen MR) is 136 cm³/mol. The highest BCUT2D eigenvalue weighted by atomic mass is 35.5. The van der Waals surface area contributed by atoms with Crippen molar-refractivity contribution in [3.05, 3.63) is 34.5 Å². The van der Waals surface area contributed by atoms with E-state index in [1.54, 1.807) is 0 Å². The van der Waals surface area contributed by atoms with E-state index in [1.807, 2.05) is 0 Å². The second-order valence-electron chi connectivity index (χ2n) is 9.38. The topological polar surface area (TPSA) is 288 Å². The summed E-state index contributed by atoms with van der Waals surface area (Å²) in [5.74, 6) is -0.255. The number of nitrogens with two attached hydrogens (primary N) is 1. The highest BCUT2D eigenvalue weighted by Crippen LogP contribution is 2.50. The van der Waals surface area contributed by atoms with Gasteiger partial charge in [-0.25, -0.2) is 24.5 Å².